The number of halogens is 1. The summed E-state index contributed by atoms with van der Waals surface area (Å²) in [6.45, 7) is 4.09. The molecule has 0 saturated heterocycles. The van der Waals surface area contributed by atoms with Gasteiger partial charge in [-0.15, -0.1) is 0 Å². The third-order valence-electron chi connectivity index (χ3n) is 3.83. The fourth-order valence-corrected chi connectivity index (χ4v) is 2.79. The molecule has 0 saturated carbocycles. The Balaban J connectivity index is 1.97. The van der Waals surface area contributed by atoms with Crippen LogP contribution in [-0.2, 0) is 6.42 Å². The quantitative estimate of drug-likeness (QED) is 0.605. The molecule has 5 heteroatoms. The van der Waals surface area contributed by atoms with Gasteiger partial charge in [0.25, 0.3) is 0 Å². The average molecular weight is 355 g/mol. The number of hydrogen-bond donors (Lipinski definition) is 0. The molecule has 0 aliphatic rings. The molecule has 0 amide bonds. The Morgan fingerprint density at radius 3 is 2.68 bits per heavy atom. The van der Waals surface area contributed by atoms with Gasteiger partial charge in [0.2, 0.25) is 5.88 Å². The molecular formula is C20H19ClN2O2. The lowest BCUT2D eigenvalue weighted by molar-refractivity contribution is 0.0723. The van der Waals surface area contributed by atoms with Gasteiger partial charge in [-0.2, -0.15) is 5.10 Å². The number of aryl methyl sites for hydroxylation is 2. The van der Waals surface area contributed by atoms with Gasteiger partial charge in [0.1, 0.15) is 0 Å². The van der Waals surface area contributed by atoms with E-state index >= 15 is 0 Å². The van der Waals surface area contributed by atoms with Crippen molar-refractivity contribution in [2.75, 3.05) is 0 Å². The second-order valence-electron chi connectivity index (χ2n) is 5.82. The van der Waals surface area contributed by atoms with Crippen molar-refractivity contribution in [3.63, 3.8) is 0 Å². The van der Waals surface area contributed by atoms with Crippen molar-refractivity contribution in [3.05, 3.63) is 76.4 Å². The number of para-hydroxylation sites is 1. The van der Waals surface area contributed by atoms with Gasteiger partial charge in [0.05, 0.1) is 16.9 Å². The Labute approximate surface area is 152 Å². The Morgan fingerprint density at radius 2 is 1.96 bits per heavy atom. The molecule has 2 aromatic carbocycles. The smallest absolute Gasteiger partial charge is 0.344 e. The molecule has 25 heavy (non-hydrogen) atoms. The molecule has 0 aliphatic carbocycles. The first kappa shape index (κ1) is 17.2. The number of carbonyl (C=O) groups is 1. The molecule has 3 aromatic rings. The van der Waals surface area contributed by atoms with Gasteiger partial charge >= 0.3 is 5.97 Å². The van der Waals surface area contributed by atoms with Crippen LogP contribution >= 0.6 is 11.6 Å². The Kier molecular flexibility index (Phi) is 5.19. The van der Waals surface area contributed by atoms with Gasteiger partial charge in [-0.3, -0.25) is 0 Å². The molecule has 0 fully saturated rings. The molecular weight excluding hydrogens is 336 g/mol. The van der Waals surface area contributed by atoms with Crippen LogP contribution in [0, 0.1) is 6.92 Å². The van der Waals surface area contributed by atoms with Gasteiger partial charge in [0, 0.05) is 11.1 Å². The van der Waals surface area contributed by atoms with Gasteiger partial charge in [-0.1, -0.05) is 49.2 Å². The van der Waals surface area contributed by atoms with Crippen LogP contribution in [0.15, 0.2) is 54.6 Å². The van der Waals surface area contributed by atoms with Crippen LogP contribution in [0.25, 0.3) is 5.69 Å². The van der Waals surface area contributed by atoms with Crippen LogP contribution in [0.2, 0.25) is 5.02 Å². The summed E-state index contributed by atoms with van der Waals surface area (Å²) in [6, 6.07) is 16.4. The van der Waals surface area contributed by atoms with Crippen molar-refractivity contribution < 1.29 is 9.53 Å². The summed E-state index contributed by atoms with van der Waals surface area (Å²) in [6.07, 6.45) is 1.78. The van der Waals surface area contributed by atoms with Crippen molar-refractivity contribution in [1.82, 2.24) is 9.78 Å². The van der Waals surface area contributed by atoms with E-state index in [1.807, 2.05) is 37.3 Å². The van der Waals surface area contributed by atoms with Crippen molar-refractivity contribution in [2.24, 2.45) is 0 Å². The van der Waals surface area contributed by atoms with Gasteiger partial charge in [-0.25, -0.2) is 9.48 Å². The standard InChI is InChI=1S/C20H19ClN2O2/c1-3-7-17-13-19(23(22-17)18-11-5-4-8-14(18)2)25-20(24)15-9-6-10-16(21)12-15/h4-6,8-13H,3,7H2,1-2H3. The SMILES string of the molecule is CCCc1cc(OC(=O)c2cccc(Cl)c2)n(-c2ccccc2C)n1. The first-order valence-electron chi connectivity index (χ1n) is 8.21. The average Bonchev–Trinajstić information content (AvgIpc) is 2.98. The van der Waals surface area contributed by atoms with E-state index in [2.05, 4.69) is 12.0 Å². The second-order valence-corrected chi connectivity index (χ2v) is 6.26. The molecule has 1 heterocycles. The maximum Gasteiger partial charge on any atom is 0.344 e. The molecule has 0 bridgehead atoms. The van der Waals surface area contributed by atoms with Crippen LogP contribution in [0.5, 0.6) is 5.88 Å². The fourth-order valence-electron chi connectivity index (χ4n) is 2.60. The zero-order valence-electron chi connectivity index (χ0n) is 14.2. The van der Waals surface area contributed by atoms with E-state index in [9.17, 15) is 4.79 Å². The minimum atomic E-state index is -0.458. The molecule has 0 aliphatic heterocycles. The summed E-state index contributed by atoms with van der Waals surface area (Å²) in [7, 11) is 0. The minimum Gasteiger partial charge on any atom is -0.404 e. The first-order chi connectivity index (χ1) is 12.1. The molecule has 0 atom stereocenters. The number of nitrogens with zero attached hydrogens (tertiary/aromatic N) is 2. The Hall–Kier alpha value is -2.59. The van der Waals surface area contributed by atoms with Crippen LogP contribution in [0.1, 0.15) is 35.0 Å². The molecule has 0 N–H and O–H groups in total. The molecule has 0 unspecified atom stereocenters. The topological polar surface area (TPSA) is 44.1 Å². The van der Waals surface area contributed by atoms with E-state index in [4.69, 9.17) is 16.3 Å². The monoisotopic (exact) mass is 354 g/mol. The van der Waals surface area contributed by atoms with Gasteiger partial charge in [0.15, 0.2) is 0 Å². The molecule has 0 spiro atoms. The highest BCUT2D eigenvalue weighted by molar-refractivity contribution is 6.30. The number of rotatable bonds is 5. The fraction of sp³-hybridized carbons (Fsp3) is 0.200. The number of esters is 1. The highest BCUT2D eigenvalue weighted by Crippen LogP contribution is 2.24. The molecule has 4 nitrogen and oxygen atoms in total. The third-order valence-corrected chi connectivity index (χ3v) is 4.07. The maximum absolute atomic E-state index is 12.5. The summed E-state index contributed by atoms with van der Waals surface area (Å²) in [5.41, 5.74) is 3.23. The summed E-state index contributed by atoms with van der Waals surface area (Å²) in [5, 5.41) is 5.10. The van der Waals surface area contributed by atoms with Crippen molar-refractivity contribution >= 4 is 17.6 Å². The predicted octanol–water partition coefficient (Wildman–Crippen LogP) is 5.01. The molecule has 128 valence electrons. The lowest BCUT2D eigenvalue weighted by Gasteiger charge is -2.10. The minimum absolute atomic E-state index is 0.405. The van der Waals surface area contributed by atoms with Gasteiger partial charge < -0.3 is 4.74 Å². The Morgan fingerprint density at radius 1 is 1.16 bits per heavy atom. The zero-order chi connectivity index (χ0) is 17.8. The van der Waals surface area contributed by atoms with E-state index in [-0.39, 0.29) is 0 Å². The highest BCUT2D eigenvalue weighted by atomic mass is 35.5. The van der Waals surface area contributed by atoms with E-state index in [0.717, 1.165) is 29.8 Å². The lowest BCUT2D eigenvalue weighted by Crippen LogP contribution is -2.12. The molecule has 1 aromatic heterocycles. The summed E-state index contributed by atoms with van der Waals surface area (Å²) in [4.78, 5) is 12.5. The largest absolute Gasteiger partial charge is 0.404 e. The first-order valence-corrected chi connectivity index (χ1v) is 8.59. The van der Waals surface area contributed by atoms with Crippen molar-refractivity contribution in [1.29, 1.82) is 0 Å². The lowest BCUT2D eigenvalue weighted by atomic mass is 10.2. The van der Waals surface area contributed by atoms with E-state index in [1.54, 1.807) is 28.9 Å². The van der Waals surface area contributed by atoms with Crippen LogP contribution in [0.3, 0.4) is 0 Å². The van der Waals surface area contributed by atoms with Crippen molar-refractivity contribution in [3.8, 4) is 11.6 Å². The Bertz CT molecular complexity index is 902. The van der Waals surface area contributed by atoms with Crippen LogP contribution in [-0.4, -0.2) is 15.7 Å². The molecule has 3 rings (SSSR count). The summed E-state index contributed by atoms with van der Waals surface area (Å²) in [5.74, 6) is -0.0528. The van der Waals surface area contributed by atoms with E-state index in [1.165, 1.54) is 0 Å². The summed E-state index contributed by atoms with van der Waals surface area (Å²) < 4.78 is 7.31. The van der Waals surface area contributed by atoms with E-state index in [0.29, 0.717) is 16.5 Å². The highest BCUT2D eigenvalue weighted by Gasteiger charge is 2.17. The number of ether oxygens (including phenoxy) is 1. The maximum atomic E-state index is 12.5. The zero-order valence-corrected chi connectivity index (χ0v) is 15.0. The molecule has 0 radical (unpaired) electrons. The number of hydrogen-bond acceptors (Lipinski definition) is 3. The second kappa shape index (κ2) is 7.53. The normalized spacial score (nSPS) is 10.7. The number of carbonyl (C=O) groups excluding carboxylic acids is 1. The number of aromatic nitrogens is 2. The summed E-state index contributed by atoms with van der Waals surface area (Å²) >= 11 is 5.96. The number of benzene rings is 2. The third kappa shape index (κ3) is 3.91. The van der Waals surface area contributed by atoms with E-state index < -0.39 is 5.97 Å². The van der Waals surface area contributed by atoms with Crippen molar-refractivity contribution in [2.45, 2.75) is 26.7 Å². The van der Waals surface area contributed by atoms with Crippen LogP contribution in [0.4, 0.5) is 0 Å². The van der Waals surface area contributed by atoms with Gasteiger partial charge in [-0.05, 0) is 43.2 Å². The van der Waals surface area contributed by atoms with Crippen LogP contribution < -0.4 is 4.74 Å². The predicted molar refractivity (Wildman–Crippen MR) is 98.7 cm³/mol.